The maximum atomic E-state index is 3.86. The van der Waals surface area contributed by atoms with Gasteiger partial charge in [0.1, 0.15) is 0 Å². The molecule has 0 spiro atoms. The highest BCUT2D eigenvalue weighted by Gasteiger charge is 1.89. The van der Waals surface area contributed by atoms with Crippen molar-refractivity contribution in [2.24, 2.45) is 0 Å². The van der Waals surface area contributed by atoms with Crippen LogP contribution in [0.5, 0.6) is 0 Å². The molecule has 0 fully saturated rings. The molecule has 0 aliphatic carbocycles. The Hall–Kier alpha value is -1.04. The van der Waals surface area contributed by atoms with Gasteiger partial charge < -0.3 is 0 Å². The average molecular weight is 323 g/mol. The predicted molar refractivity (Wildman–Crippen MR) is 114 cm³/mol. The summed E-state index contributed by atoms with van der Waals surface area (Å²) >= 11 is 0. The molecule has 23 heavy (non-hydrogen) atoms. The van der Waals surface area contributed by atoms with Crippen LogP contribution >= 0.6 is 0 Å². The molecule has 138 valence electrons. The van der Waals surface area contributed by atoms with Gasteiger partial charge in [0.2, 0.25) is 0 Å². The van der Waals surface area contributed by atoms with Crippen molar-refractivity contribution in [3.8, 4) is 0 Å². The molecular weight excluding hydrogens is 276 g/mol. The van der Waals surface area contributed by atoms with Crippen LogP contribution in [0.3, 0.4) is 0 Å². The molecule has 1 rings (SSSR count). The van der Waals surface area contributed by atoms with Crippen molar-refractivity contribution in [2.45, 2.75) is 101 Å². The summed E-state index contributed by atoms with van der Waals surface area (Å²) in [4.78, 5) is 0. The summed E-state index contributed by atoms with van der Waals surface area (Å²) in [6.45, 7) is 24.7. The molecule has 1 aromatic carbocycles. The second-order valence-corrected chi connectivity index (χ2v) is 5.00. The minimum atomic E-state index is 1.13. The van der Waals surface area contributed by atoms with E-state index in [1.807, 2.05) is 34.6 Å². The fourth-order valence-corrected chi connectivity index (χ4v) is 1.19. The summed E-state index contributed by atoms with van der Waals surface area (Å²) in [7, 11) is 0. The van der Waals surface area contributed by atoms with E-state index in [1.54, 1.807) is 0 Å². The third kappa shape index (κ3) is 29.6. The predicted octanol–water partition coefficient (Wildman–Crippen LogP) is 9.08. The highest BCUT2D eigenvalue weighted by Crippen LogP contribution is 2.11. The lowest BCUT2D eigenvalue weighted by molar-refractivity contribution is 0.772. The minimum Gasteiger partial charge on any atom is -0.0955 e. The second kappa shape index (κ2) is 29.0. The van der Waals surface area contributed by atoms with Gasteiger partial charge in [0.05, 0.1) is 0 Å². The first-order valence-electron chi connectivity index (χ1n) is 9.75. The minimum absolute atomic E-state index is 1.13. The molecule has 0 atom stereocenters. The fraction of sp³-hybridized carbons (Fsp3) is 0.652. The summed E-state index contributed by atoms with van der Waals surface area (Å²) in [6.07, 6.45) is 6.72. The highest BCUT2D eigenvalue weighted by molar-refractivity contribution is 5.61. The lowest BCUT2D eigenvalue weighted by Crippen LogP contribution is -1.76. The van der Waals surface area contributed by atoms with Crippen LogP contribution < -0.4 is 0 Å². The summed E-state index contributed by atoms with van der Waals surface area (Å²) in [5, 5.41) is 0. The van der Waals surface area contributed by atoms with Crippen LogP contribution in [0.1, 0.15) is 106 Å². The lowest BCUT2D eigenvalue weighted by atomic mass is 10.1. The molecule has 1 aromatic rings. The van der Waals surface area contributed by atoms with Crippen molar-refractivity contribution >= 4 is 5.57 Å². The Kier molecular flexibility index (Phi) is 37.8. The van der Waals surface area contributed by atoms with Crippen molar-refractivity contribution in [1.29, 1.82) is 0 Å². The Morgan fingerprint density at radius 1 is 0.739 bits per heavy atom. The molecule has 0 heterocycles. The molecule has 0 saturated heterocycles. The van der Waals surface area contributed by atoms with Gasteiger partial charge in [0.25, 0.3) is 0 Å². The van der Waals surface area contributed by atoms with Crippen LogP contribution in [0.15, 0.2) is 30.8 Å². The van der Waals surface area contributed by atoms with E-state index in [0.717, 1.165) is 5.57 Å². The SMILES string of the molecule is C=C(C)c1ccc(C)cc1.CC.CC.CCCC.CCCCC. The van der Waals surface area contributed by atoms with E-state index in [1.165, 1.54) is 43.2 Å². The molecule has 0 aliphatic rings. The Bertz CT molecular complexity index is 288. The number of allylic oxidation sites excluding steroid dienone is 1. The zero-order valence-electron chi connectivity index (χ0n) is 18.1. The van der Waals surface area contributed by atoms with E-state index in [9.17, 15) is 0 Å². The molecular formula is C23H46. The summed E-state index contributed by atoms with van der Waals surface area (Å²) in [5.41, 5.74) is 3.65. The molecule has 0 radical (unpaired) electrons. The third-order valence-corrected chi connectivity index (χ3v) is 2.75. The van der Waals surface area contributed by atoms with E-state index in [0.29, 0.717) is 0 Å². The van der Waals surface area contributed by atoms with Crippen molar-refractivity contribution < 1.29 is 0 Å². The normalized spacial score (nSPS) is 7.74. The van der Waals surface area contributed by atoms with E-state index in [4.69, 9.17) is 0 Å². The maximum absolute atomic E-state index is 3.86. The summed E-state index contributed by atoms with van der Waals surface area (Å²) < 4.78 is 0. The molecule has 0 N–H and O–H groups in total. The number of benzene rings is 1. The second-order valence-electron chi connectivity index (χ2n) is 5.00. The maximum Gasteiger partial charge on any atom is -0.0233 e. The van der Waals surface area contributed by atoms with Gasteiger partial charge in [-0.1, -0.05) is 129 Å². The van der Waals surface area contributed by atoms with E-state index >= 15 is 0 Å². The van der Waals surface area contributed by atoms with Crippen molar-refractivity contribution in [3.05, 3.63) is 42.0 Å². The Labute approximate surface area is 149 Å². The fourth-order valence-electron chi connectivity index (χ4n) is 1.19. The van der Waals surface area contributed by atoms with E-state index in [2.05, 4.69) is 65.5 Å². The van der Waals surface area contributed by atoms with Crippen LogP contribution in [-0.2, 0) is 0 Å². The van der Waals surface area contributed by atoms with Crippen LogP contribution in [0.25, 0.3) is 5.57 Å². The molecule has 0 unspecified atom stereocenters. The zero-order chi connectivity index (χ0) is 19.1. The van der Waals surface area contributed by atoms with Gasteiger partial charge in [-0.15, -0.1) is 0 Å². The molecule has 0 aliphatic heterocycles. The topological polar surface area (TPSA) is 0 Å². The number of hydrogen-bond donors (Lipinski definition) is 0. The molecule has 0 amide bonds. The van der Waals surface area contributed by atoms with Crippen molar-refractivity contribution in [1.82, 2.24) is 0 Å². The number of hydrogen-bond acceptors (Lipinski definition) is 0. The number of rotatable bonds is 4. The lowest BCUT2D eigenvalue weighted by Gasteiger charge is -1.98. The molecule has 0 aromatic heterocycles. The highest BCUT2D eigenvalue weighted by atomic mass is 13.9. The zero-order valence-corrected chi connectivity index (χ0v) is 18.1. The van der Waals surface area contributed by atoms with Crippen molar-refractivity contribution in [3.63, 3.8) is 0 Å². The van der Waals surface area contributed by atoms with Gasteiger partial charge in [-0.3, -0.25) is 0 Å². The van der Waals surface area contributed by atoms with Crippen LogP contribution in [0.4, 0.5) is 0 Å². The van der Waals surface area contributed by atoms with E-state index < -0.39 is 0 Å². The Balaban J connectivity index is -0.000000118. The summed E-state index contributed by atoms with van der Waals surface area (Å²) in [5.74, 6) is 0. The van der Waals surface area contributed by atoms with Gasteiger partial charge in [-0.05, 0) is 19.4 Å². The van der Waals surface area contributed by atoms with Crippen LogP contribution in [0, 0.1) is 6.92 Å². The molecule has 0 nitrogen and oxygen atoms in total. The van der Waals surface area contributed by atoms with Gasteiger partial charge in [0.15, 0.2) is 0 Å². The largest absolute Gasteiger partial charge is 0.0955 e. The standard InChI is InChI=1S/C10H12.C5H12.C4H10.2C2H6/c1-8(2)10-6-4-9(3)5-7-10;1-3-5-4-2;1-3-4-2;2*1-2/h4-7H,1H2,2-3H3;3-5H2,1-2H3;3-4H2,1-2H3;2*1-2H3. The quantitative estimate of drug-likeness (QED) is 0.518. The van der Waals surface area contributed by atoms with Crippen LogP contribution in [-0.4, -0.2) is 0 Å². The Morgan fingerprint density at radius 2 is 1.09 bits per heavy atom. The smallest absolute Gasteiger partial charge is 0.0233 e. The van der Waals surface area contributed by atoms with E-state index in [-0.39, 0.29) is 0 Å². The van der Waals surface area contributed by atoms with Crippen molar-refractivity contribution in [2.75, 3.05) is 0 Å². The first kappa shape index (κ1) is 29.9. The van der Waals surface area contributed by atoms with Gasteiger partial charge >= 0.3 is 0 Å². The summed E-state index contributed by atoms with van der Waals surface area (Å²) in [6, 6.07) is 8.39. The molecule has 0 heteroatoms. The average Bonchev–Trinajstić information content (AvgIpc) is 2.60. The first-order valence-corrected chi connectivity index (χ1v) is 9.75. The van der Waals surface area contributed by atoms with Gasteiger partial charge in [0, 0.05) is 0 Å². The number of unbranched alkanes of at least 4 members (excludes halogenated alkanes) is 3. The monoisotopic (exact) mass is 322 g/mol. The molecule has 0 saturated carbocycles. The third-order valence-electron chi connectivity index (χ3n) is 2.75. The van der Waals surface area contributed by atoms with Gasteiger partial charge in [-0.2, -0.15) is 0 Å². The van der Waals surface area contributed by atoms with Gasteiger partial charge in [-0.25, -0.2) is 0 Å². The first-order chi connectivity index (χ1) is 11.0. The molecule has 0 bridgehead atoms. The number of aryl methyl sites for hydroxylation is 1. The Morgan fingerprint density at radius 3 is 1.26 bits per heavy atom. The van der Waals surface area contributed by atoms with Crippen LogP contribution in [0.2, 0.25) is 0 Å².